The van der Waals surface area contributed by atoms with E-state index in [2.05, 4.69) is 5.32 Å². The fourth-order valence-corrected chi connectivity index (χ4v) is 1.94. The highest BCUT2D eigenvalue weighted by Crippen LogP contribution is 2.14. The quantitative estimate of drug-likeness (QED) is 0.667. The molecule has 0 heterocycles. The summed E-state index contributed by atoms with van der Waals surface area (Å²) in [5.41, 5.74) is 8.01. The van der Waals surface area contributed by atoms with Gasteiger partial charge in [-0.3, -0.25) is 9.59 Å². The second-order valence-electron chi connectivity index (χ2n) is 5.18. The van der Waals surface area contributed by atoms with E-state index in [0.717, 1.165) is 0 Å². The topological polar surface area (TPSA) is 72.2 Å². The van der Waals surface area contributed by atoms with Crippen LogP contribution in [-0.2, 0) is 0 Å². The predicted molar refractivity (Wildman–Crippen MR) is 84.4 cm³/mol. The summed E-state index contributed by atoms with van der Waals surface area (Å²) in [6.45, 7) is 3.70. The molecule has 0 radical (unpaired) electrons. The van der Waals surface area contributed by atoms with Crippen LogP contribution in [0.15, 0.2) is 48.5 Å². The summed E-state index contributed by atoms with van der Waals surface area (Å²) in [5.74, 6) is -0.223. The van der Waals surface area contributed by atoms with Crippen molar-refractivity contribution in [1.82, 2.24) is 0 Å². The molecule has 3 N–H and O–H groups in total. The van der Waals surface area contributed by atoms with Gasteiger partial charge in [0.15, 0.2) is 5.78 Å². The summed E-state index contributed by atoms with van der Waals surface area (Å²) < 4.78 is 0. The van der Waals surface area contributed by atoms with Gasteiger partial charge in [0.05, 0.1) is 0 Å². The highest BCUT2D eigenvalue weighted by molar-refractivity contribution is 6.05. The summed E-state index contributed by atoms with van der Waals surface area (Å²) >= 11 is 0. The number of nitrogens with one attached hydrogen (secondary N) is 1. The monoisotopic (exact) mass is 282 g/mol. The number of amides is 1. The molecule has 2 rings (SSSR count). The van der Waals surface area contributed by atoms with E-state index in [-0.39, 0.29) is 17.6 Å². The van der Waals surface area contributed by atoms with Crippen molar-refractivity contribution < 1.29 is 9.59 Å². The van der Waals surface area contributed by atoms with E-state index < -0.39 is 0 Å². The molecule has 0 aliphatic rings. The smallest absolute Gasteiger partial charge is 0.255 e. The van der Waals surface area contributed by atoms with Gasteiger partial charge in [0.2, 0.25) is 0 Å². The summed E-state index contributed by atoms with van der Waals surface area (Å²) in [6.07, 6.45) is 0. The lowest BCUT2D eigenvalue weighted by molar-refractivity contribution is 0.0938. The molecular formula is C17H18N2O2. The molecule has 0 spiro atoms. The number of anilines is 2. The third-order valence-electron chi connectivity index (χ3n) is 3.10. The highest BCUT2D eigenvalue weighted by Gasteiger charge is 2.12. The molecule has 0 aliphatic carbocycles. The van der Waals surface area contributed by atoms with Gasteiger partial charge in [-0.05, 0) is 30.3 Å². The fourth-order valence-electron chi connectivity index (χ4n) is 1.94. The molecule has 108 valence electrons. The first-order chi connectivity index (χ1) is 9.97. The van der Waals surface area contributed by atoms with E-state index >= 15 is 0 Å². The Morgan fingerprint density at radius 1 is 1.00 bits per heavy atom. The van der Waals surface area contributed by atoms with Crippen molar-refractivity contribution in [2.24, 2.45) is 5.92 Å². The summed E-state index contributed by atoms with van der Waals surface area (Å²) in [6, 6.07) is 13.6. The maximum absolute atomic E-state index is 12.1. The van der Waals surface area contributed by atoms with Crippen LogP contribution in [0.1, 0.15) is 34.6 Å². The van der Waals surface area contributed by atoms with Crippen molar-refractivity contribution in [3.05, 3.63) is 59.7 Å². The second-order valence-corrected chi connectivity index (χ2v) is 5.18. The number of nitrogen functional groups attached to an aromatic ring is 1. The molecule has 4 heteroatoms. The predicted octanol–water partition coefficient (Wildman–Crippen LogP) is 3.36. The molecule has 0 saturated carbocycles. The van der Waals surface area contributed by atoms with E-state index in [0.29, 0.717) is 22.5 Å². The maximum Gasteiger partial charge on any atom is 0.255 e. The molecule has 1 amide bonds. The van der Waals surface area contributed by atoms with Crippen LogP contribution in [0.2, 0.25) is 0 Å². The molecule has 0 bridgehead atoms. The van der Waals surface area contributed by atoms with Crippen LogP contribution in [-0.4, -0.2) is 11.7 Å². The van der Waals surface area contributed by atoms with E-state index in [1.165, 1.54) is 0 Å². The van der Waals surface area contributed by atoms with Gasteiger partial charge in [0.25, 0.3) is 5.91 Å². The maximum atomic E-state index is 12.1. The fraction of sp³-hybridized carbons (Fsp3) is 0.176. The largest absolute Gasteiger partial charge is 0.399 e. The number of ketones is 1. The zero-order chi connectivity index (χ0) is 15.4. The number of hydrogen-bond donors (Lipinski definition) is 2. The Bertz CT molecular complexity index is 661. The van der Waals surface area contributed by atoms with Gasteiger partial charge in [-0.15, -0.1) is 0 Å². The average molecular weight is 282 g/mol. The van der Waals surface area contributed by atoms with Crippen molar-refractivity contribution in [1.29, 1.82) is 0 Å². The Labute approximate surface area is 124 Å². The SMILES string of the molecule is CC(C)C(=O)c1ccc(C(=O)Nc2cccc(N)c2)cc1. The number of carbonyl (C=O) groups is 2. The number of Topliss-reactive ketones (excluding diaryl/α,β-unsaturated/α-hetero) is 1. The van der Waals surface area contributed by atoms with Gasteiger partial charge in [-0.2, -0.15) is 0 Å². The van der Waals surface area contributed by atoms with E-state index in [4.69, 9.17) is 5.73 Å². The minimum atomic E-state index is -0.232. The molecule has 2 aromatic carbocycles. The van der Waals surface area contributed by atoms with Gasteiger partial charge >= 0.3 is 0 Å². The minimum Gasteiger partial charge on any atom is -0.399 e. The molecule has 2 aromatic rings. The van der Waals surface area contributed by atoms with Gasteiger partial charge in [0, 0.05) is 28.4 Å². The summed E-state index contributed by atoms with van der Waals surface area (Å²) in [7, 11) is 0. The third kappa shape index (κ3) is 3.69. The first-order valence-electron chi connectivity index (χ1n) is 6.78. The van der Waals surface area contributed by atoms with Crippen LogP contribution >= 0.6 is 0 Å². The Hall–Kier alpha value is -2.62. The number of hydrogen-bond acceptors (Lipinski definition) is 3. The Kier molecular flexibility index (Phi) is 4.38. The van der Waals surface area contributed by atoms with Crippen LogP contribution in [0.5, 0.6) is 0 Å². The highest BCUT2D eigenvalue weighted by atomic mass is 16.1. The molecule has 4 nitrogen and oxygen atoms in total. The van der Waals surface area contributed by atoms with E-state index in [1.54, 1.807) is 48.5 Å². The zero-order valence-corrected chi connectivity index (χ0v) is 12.1. The van der Waals surface area contributed by atoms with Crippen molar-refractivity contribution in [2.75, 3.05) is 11.1 Å². The summed E-state index contributed by atoms with van der Waals surface area (Å²) in [5, 5.41) is 2.77. The lowest BCUT2D eigenvalue weighted by Gasteiger charge is -2.07. The van der Waals surface area contributed by atoms with Gasteiger partial charge < -0.3 is 11.1 Å². The first-order valence-corrected chi connectivity index (χ1v) is 6.78. The molecule has 21 heavy (non-hydrogen) atoms. The number of benzene rings is 2. The van der Waals surface area contributed by atoms with Gasteiger partial charge in [0.1, 0.15) is 0 Å². The summed E-state index contributed by atoms with van der Waals surface area (Å²) in [4.78, 5) is 23.9. The minimum absolute atomic E-state index is 0.0584. The molecule has 0 aromatic heterocycles. The van der Waals surface area contributed by atoms with Gasteiger partial charge in [-0.1, -0.05) is 32.0 Å². The van der Waals surface area contributed by atoms with Crippen molar-refractivity contribution in [2.45, 2.75) is 13.8 Å². The Morgan fingerprint density at radius 2 is 1.62 bits per heavy atom. The number of rotatable bonds is 4. The molecule has 0 saturated heterocycles. The van der Waals surface area contributed by atoms with Crippen LogP contribution < -0.4 is 11.1 Å². The average Bonchev–Trinajstić information content (AvgIpc) is 2.46. The van der Waals surface area contributed by atoms with Crippen molar-refractivity contribution in [3.8, 4) is 0 Å². The molecular weight excluding hydrogens is 264 g/mol. The second kappa shape index (κ2) is 6.22. The lowest BCUT2D eigenvalue weighted by atomic mass is 10.00. The number of carbonyl (C=O) groups excluding carboxylic acids is 2. The molecule has 0 unspecified atom stereocenters. The molecule has 0 aliphatic heterocycles. The first kappa shape index (κ1) is 14.8. The van der Waals surface area contributed by atoms with Crippen LogP contribution in [0.4, 0.5) is 11.4 Å². The van der Waals surface area contributed by atoms with Crippen LogP contribution in [0, 0.1) is 5.92 Å². The Balaban J connectivity index is 2.11. The Morgan fingerprint density at radius 3 is 2.19 bits per heavy atom. The molecule has 0 atom stereocenters. The normalized spacial score (nSPS) is 10.4. The third-order valence-corrected chi connectivity index (χ3v) is 3.10. The van der Waals surface area contributed by atoms with Gasteiger partial charge in [-0.25, -0.2) is 0 Å². The number of nitrogens with two attached hydrogens (primary N) is 1. The van der Waals surface area contributed by atoms with Crippen LogP contribution in [0.25, 0.3) is 0 Å². The zero-order valence-electron chi connectivity index (χ0n) is 12.1. The molecule has 0 fully saturated rings. The van der Waals surface area contributed by atoms with Crippen LogP contribution in [0.3, 0.4) is 0 Å². The van der Waals surface area contributed by atoms with E-state index in [9.17, 15) is 9.59 Å². The van der Waals surface area contributed by atoms with Crippen molar-refractivity contribution >= 4 is 23.1 Å². The van der Waals surface area contributed by atoms with E-state index in [1.807, 2.05) is 13.8 Å². The van der Waals surface area contributed by atoms with Crippen molar-refractivity contribution in [3.63, 3.8) is 0 Å². The lowest BCUT2D eigenvalue weighted by Crippen LogP contribution is -2.13. The standard InChI is InChI=1S/C17H18N2O2/c1-11(2)16(20)12-6-8-13(9-7-12)17(21)19-15-5-3-4-14(18)10-15/h3-11H,18H2,1-2H3,(H,19,21).